The van der Waals surface area contributed by atoms with Crippen molar-refractivity contribution in [1.29, 1.82) is 0 Å². The average molecular weight is 880 g/mol. The van der Waals surface area contributed by atoms with Crippen molar-refractivity contribution in [1.82, 2.24) is 14.1 Å². The number of halogens is 1. The summed E-state index contributed by atoms with van der Waals surface area (Å²) in [5.41, 5.74) is 18.9. The Morgan fingerprint density at radius 1 is 0.597 bits per heavy atom. The Morgan fingerprint density at radius 3 is 1.95 bits per heavy atom. The van der Waals surface area contributed by atoms with E-state index in [9.17, 15) is 0 Å². The molecule has 0 N–H and O–H groups in total. The van der Waals surface area contributed by atoms with Crippen LogP contribution in [0.4, 0.5) is 17.1 Å². The van der Waals surface area contributed by atoms with Crippen molar-refractivity contribution in [3.05, 3.63) is 171 Å². The van der Waals surface area contributed by atoms with Gasteiger partial charge in [-0.05, 0) is 159 Å². The molecule has 9 rings (SSSR count). The summed E-state index contributed by atoms with van der Waals surface area (Å²) in [5.74, 6) is 0.944. The number of hydrogen-bond donors (Lipinski definition) is 0. The minimum absolute atomic E-state index is 0.0150. The van der Waals surface area contributed by atoms with Gasteiger partial charge in [0.25, 0.3) is 0 Å². The molecule has 1 aliphatic rings. The van der Waals surface area contributed by atoms with E-state index in [-0.39, 0.29) is 16.2 Å². The van der Waals surface area contributed by atoms with Crippen molar-refractivity contribution in [2.75, 3.05) is 4.90 Å². The third-order valence-corrected chi connectivity index (χ3v) is 13.6. The zero-order valence-corrected chi connectivity index (χ0v) is 39.9. The number of aryl methyl sites for hydroxylation is 3. The summed E-state index contributed by atoms with van der Waals surface area (Å²) in [4.78, 5) is 7.94. The maximum atomic E-state index is 5.53. The lowest BCUT2D eigenvalue weighted by atomic mass is 9.83. The van der Waals surface area contributed by atoms with Gasteiger partial charge < -0.3 is 9.47 Å². The number of benzene rings is 6. The van der Waals surface area contributed by atoms with Gasteiger partial charge in [-0.25, -0.2) is 4.98 Å². The molecule has 2 heterocycles. The van der Waals surface area contributed by atoms with E-state index >= 15 is 0 Å². The first kappa shape index (κ1) is 41.7. The molecule has 0 unspecified atom stereocenters. The third-order valence-electron chi connectivity index (χ3n) is 12.8. The second-order valence-corrected chi connectivity index (χ2v) is 21.2. The van der Waals surface area contributed by atoms with Gasteiger partial charge in [-0.3, -0.25) is 4.57 Å². The van der Waals surface area contributed by atoms with Crippen LogP contribution in [0.5, 0.6) is 0 Å². The summed E-state index contributed by atoms with van der Waals surface area (Å²) in [6, 6.07) is 45.2. The molecule has 8 aromatic rings. The van der Waals surface area contributed by atoms with Crippen LogP contribution in [0.3, 0.4) is 0 Å². The highest BCUT2D eigenvalue weighted by molar-refractivity contribution is 9.10. The molecule has 0 spiro atoms. The Morgan fingerprint density at radius 2 is 1.26 bits per heavy atom. The van der Waals surface area contributed by atoms with Crippen LogP contribution >= 0.6 is 15.9 Å². The van der Waals surface area contributed by atoms with Crippen molar-refractivity contribution in [3.63, 3.8) is 0 Å². The van der Waals surface area contributed by atoms with Gasteiger partial charge in [0.2, 0.25) is 0 Å². The molecule has 4 nitrogen and oxygen atoms in total. The van der Waals surface area contributed by atoms with E-state index in [4.69, 9.17) is 4.98 Å². The number of hydrogen-bond acceptors (Lipinski definition) is 2. The van der Waals surface area contributed by atoms with Crippen molar-refractivity contribution in [2.24, 2.45) is 0 Å². The number of rotatable bonds is 6. The van der Waals surface area contributed by atoms with E-state index in [2.05, 4.69) is 240 Å². The quantitative estimate of drug-likeness (QED) is 0.166. The maximum absolute atomic E-state index is 5.53. The van der Waals surface area contributed by atoms with Crippen LogP contribution < -0.4 is 4.90 Å². The predicted octanol–water partition coefficient (Wildman–Crippen LogP) is 16.3. The van der Waals surface area contributed by atoms with E-state index in [0.717, 1.165) is 62.6 Å². The van der Waals surface area contributed by atoms with E-state index < -0.39 is 0 Å². The van der Waals surface area contributed by atoms with Crippen molar-refractivity contribution in [2.45, 2.75) is 105 Å². The van der Waals surface area contributed by atoms with E-state index in [1.165, 1.54) is 55.5 Å². The van der Waals surface area contributed by atoms with Crippen LogP contribution in [-0.4, -0.2) is 14.1 Å². The fourth-order valence-electron chi connectivity index (χ4n) is 9.34. The molecule has 0 aliphatic heterocycles. The molecule has 2 aromatic heterocycles. The summed E-state index contributed by atoms with van der Waals surface area (Å²) in [6.45, 7) is 25.0. The van der Waals surface area contributed by atoms with Crippen LogP contribution in [0, 0.1) is 13.8 Å². The first-order valence-electron chi connectivity index (χ1n) is 22.1. The van der Waals surface area contributed by atoms with Crippen molar-refractivity contribution >= 4 is 61.0 Å². The Bertz CT molecular complexity index is 3020. The molecule has 62 heavy (non-hydrogen) atoms. The van der Waals surface area contributed by atoms with Gasteiger partial charge in [-0.1, -0.05) is 129 Å². The topological polar surface area (TPSA) is 26.0 Å². The highest BCUT2D eigenvalue weighted by Crippen LogP contribution is 2.46. The number of nitrogens with zero attached hydrogens (tertiary/aromatic N) is 4. The molecule has 0 atom stereocenters. The van der Waals surface area contributed by atoms with Crippen LogP contribution in [-0.2, 0) is 22.7 Å². The van der Waals surface area contributed by atoms with Gasteiger partial charge in [0, 0.05) is 33.7 Å². The van der Waals surface area contributed by atoms with E-state index in [1.807, 2.05) is 0 Å². The molecule has 0 bridgehead atoms. The minimum atomic E-state index is -0.0150. The van der Waals surface area contributed by atoms with Gasteiger partial charge in [0.15, 0.2) is 0 Å². The highest BCUT2D eigenvalue weighted by Gasteiger charge is 2.27. The van der Waals surface area contributed by atoms with Crippen molar-refractivity contribution in [3.8, 4) is 22.8 Å². The fourth-order valence-corrected chi connectivity index (χ4v) is 9.95. The first-order valence-corrected chi connectivity index (χ1v) is 22.9. The molecule has 1 aliphatic carbocycles. The first-order chi connectivity index (χ1) is 29.4. The Kier molecular flexibility index (Phi) is 10.3. The van der Waals surface area contributed by atoms with E-state index in [1.54, 1.807) is 0 Å². The van der Waals surface area contributed by atoms with Gasteiger partial charge in [-0.15, -0.1) is 0 Å². The summed E-state index contributed by atoms with van der Waals surface area (Å²) >= 11 is 4.29. The molecule has 0 saturated heterocycles. The van der Waals surface area contributed by atoms with Gasteiger partial charge >= 0.3 is 0 Å². The Labute approximate surface area is 377 Å². The van der Waals surface area contributed by atoms with Gasteiger partial charge in [0.1, 0.15) is 5.82 Å². The summed E-state index contributed by atoms with van der Waals surface area (Å²) < 4.78 is 5.81. The molecule has 0 amide bonds. The highest BCUT2D eigenvalue weighted by atomic mass is 79.9. The lowest BCUT2D eigenvalue weighted by Gasteiger charge is -2.29. The summed E-state index contributed by atoms with van der Waals surface area (Å²) in [7, 11) is 0. The van der Waals surface area contributed by atoms with Crippen molar-refractivity contribution < 1.29 is 0 Å². The fraction of sp³-hybridized carbons (Fsp3) is 0.281. The second kappa shape index (κ2) is 15.3. The lowest BCUT2D eigenvalue weighted by molar-refractivity contribution is 0.589. The molecule has 5 heteroatoms. The Balaban J connectivity index is 1.28. The van der Waals surface area contributed by atoms with Crippen LogP contribution in [0.1, 0.15) is 108 Å². The smallest absolute Gasteiger partial charge is 0.146 e. The monoisotopic (exact) mass is 878 g/mol. The van der Waals surface area contributed by atoms with E-state index in [0.29, 0.717) is 0 Å². The zero-order valence-electron chi connectivity index (χ0n) is 38.3. The standard InChI is InChI=1S/C57H59BrN4/c1-36-32-40(57(9,10)11)33-37(2)52(36)54-59-46-34-39(56(6,7)8)28-31-49(46)62(54)51-25-17-24-50(53(51)58)60(41-29-26-38(27-30-41)55(3,4)5)42-18-16-19-43(35-42)61-47-22-14-12-20-44(47)45-21-13-15-23-48(45)61/h12,14-20,22-35H,13,21H2,1-11H3. The average Bonchev–Trinajstić information content (AvgIpc) is 3.76. The second-order valence-electron chi connectivity index (χ2n) is 20.4. The minimum Gasteiger partial charge on any atom is -0.310 e. The Hall–Kier alpha value is -5.65. The number of allylic oxidation sites excluding steroid dienone is 1. The molecular weight excluding hydrogens is 821 g/mol. The molecule has 314 valence electrons. The van der Waals surface area contributed by atoms with Crippen LogP contribution in [0.25, 0.3) is 50.8 Å². The van der Waals surface area contributed by atoms with Gasteiger partial charge in [0.05, 0.1) is 32.4 Å². The third kappa shape index (κ3) is 7.32. The zero-order chi connectivity index (χ0) is 43.9. The largest absolute Gasteiger partial charge is 0.310 e. The number of aromatic nitrogens is 3. The normalized spacial score (nSPS) is 13.3. The number of anilines is 3. The maximum Gasteiger partial charge on any atom is 0.146 e. The number of imidazole rings is 1. The van der Waals surface area contributed by atoms with Crippen LogP contribution in [0.2, 0.25) is 0 Å². The predicted molar refractivity (Wildman–Crippen MR) is 269 cm³/mol. The molecule has 0 radical (unpaired) electrons. The molecule has 0 fully saturated rings. The van der Waals surface area contributed by atoms with Gasteiger partial charge in [-0.2, -0.15) is 0 Å². The van der Waals surface area contributed by atoms with Crippen LogP contribution in [0.15, 0.2) is 132 Å². The summed E-state index contributed by atoms with van der Waals surface area (Å²) in [5, 5.41) is 1.33. The lowest BCUT2D eigenvalue weighted by Crippen LogP contribution is -2.14. The SMILES string of the molecule is Cc1cc(C(C)(C)C)cc(C)c1-c1nc2cc(C(C)(C)C)ccc2n1-c1cccc(N(c2ccc(C(C)(C)C)cc2)c2cccc(-n3c4c(c5ccccc53)CCC=C4)c2)c1Br. The molecule has 0 saturated carbocycles. The molecule has 6 aromatic carbocycles. The molecular formula is C57H59BrN4. The number of para-hydroxylation sites is 1. The number of fused-ring (bicyclic) bond motifs is 4. The summed E-state index contributed by atoms with van der Waals surface area (Å²) in [6.07, 6.45) is 6.74.